The minimum absolute atomic E-state index is 0. The van der Waals surface area contributed by atoms with Crippen LogP contribution in [0.5, 0.6) is 0 Å². The molecule has 1 aromatic rings. The number of carbonyl (C=O) groups is 3. The van der Waals surface area contributed by atoms with Crippen molar-refractivity contribution in [2.75, 3.05) is 33.7 Å². The van der Waals surface area contributed by atoms with Crippen LogP contribution in [0, 0.1) is 0 Å². The van der Waals surface area contributed by atoms with Crippen molar-refractivity contribution < 1.29 is 14.4 Å². The van der Waals surface area contributed by atoms with Gasteiger partial charge in [0.15, 0.2) is 5.96 Å². The van der Waals surface area contributed by atoms with Gasteiger partial charge in [0, 0.05) is 32.7 Å². The molecule has 0 saturated heterocycles. The van der Waals surface area contributed by atoms with E-state index in [1.807, 2.05) is 20.8 Å². The Morgan fingerprint density at radius 3 is 2.17 bits per heavy atom. The Balaban J connectivity index is 0.00000450. The minimum Gasteiger partial charge on any atom is -0.356 e. The maximum Gasteiger partial charge on any atom is 0.261 e. The standard InChI is InChI=1S/C21H31N5O3.HI/c1-21(2,3)24-17(27)14-25(5)20(22-4)23-12-8-9-13-26-18(28)15-10-6-7-11-16(15)19(26)29;/h6-7,10-11H,8-9,12-14H2,1-5H3,(H,22,23)(H,24,27);1H. The van der Waals surface area contributed by atoms with Gasteiger partial charge in [-0.2, -0.15) is 0 Å². The molecule has 0 bridgehead atoms. The molecule has 8 nitrogen and oxygen atoms in total. The van der Waals surface area contributed by atoms with E-state index in [-0.39, 0.29) is 53.8 Å². The lowest BCUT2D eigenvalue weighted by Gasteiger charge is -2.25. The van der Waals surface area contributed by atoms with E-state index in [9.17, 15) is 14.4 Å². The predicted octanol–water partition coefficient (Wildman–Crippen LogP) is 2.10. The maximum absolute atomic E-state index is 12.3. The molecular weight excluding hydrogens is 497 g/mol. The number of hydrogen-bond acceptors (Lipinski definition) is 4. The number of aliphatic imine (C=N–C) groups is 1. The first-order chi connectivity index (χ1) is 13.6. The fourth-order valence-electron chi connectivity index (χ4n) is 3.17. The second kappa shape index (κ2) is 11.3. The minimum atomic E-state index is -0.279. The summed E-state index contributed by atoms with van der Waals surface area (Å²) in [4.78, 5) is 44.0. The van der Waals surface area contributed by atoms with Crippen LogP contribution in [0.15, 0.2) is 29.3 Å². The van der Waals surface area contributed by atoms with Gasteiger partial charge in [-0.05, 0) is 45.7 Å². The monoisotopic (exact) mass is 529 g/mol. The summed E-state index contributed by atoms with van der Waals surface area (Å²) in [6.07, 6.45) is 1.44. The molecule has 3 amide bonds. The van der Waals surface area contributed by atoms with Crippen LogP contribution in [0.3, 0.4) is 0 Å². The molecule has 1 aliphatic heterocycles. The number of carbonyl (C=O) groups excluding carboxylic acids is 3. The van der Waals surface area contributed by atoms with Crippen LogP contribution in [0.1, 0.15) is 54.3 Å². The van der Waals surface area contributed by atoms with Crippen molar-refractivity contribution in [1.82, 2.24) is 20.4 Å². The summed E-state index contributed by atoms with van der Waals surface area (Å²) in [5.74, 6) is 0.0984. The molecule has 30 heavy (non-hydrogen) atoms. The second-order valence-corrected chi connectivity index (χ2v) is 8.14. The molecule has 166 valence electrons. The SMILES string of the molecule is CN=C(NCCCCN1C(=O)c2ccccc2C1=O)N(C)CC(=O)NC(C)(C)C.I. The van der Waals surface area contributed by atoms with Crippen molar-refractivity contribution in [3.63, 3.8) is 0 Å². The average molecular weight is 529 g/mol. The van der Waals surface area contributed by atoms with Gasteiger partial charge in [-0.25, -0.2) is 0 Å². The molecule has 0 unspecified atom stereocenters. The van der Waals surface area contributed by atoms with Crippen LogP contribution < -0.4 is 10.6 Å². The fourth-order valence-corrected chi connectivity index (χ4v) is 3.17. The summed E-state index contributed by atoms with van der Waals surface area (Å²) < 4.78 is 0. The number of guanidine groups is 1. The Labute approximate surface area is 195 Å². The number of unbranched alkanes of at least 4 members (excludes halogenated alkanes) is 1. The normalized spacial score (nSPS) is 13.6. The topological polar surface area (TPSA) is 94.1 Å². The molecule has 0 spiro atoms. The van der Waals surface area contributed by atoms with Crippen molar-refractivity contribution in [2.24, 2.45) is 4.99 Å². The third-order valence-electron chi connectivity index (χ3n) is 4.44. The molecule has 2 rings (SSSR count). The average Bonchev–Trinajstić information content (AvgIpc) is 2.88. The van der Waals surface area contributed by atoms with Gasteiger partial charge in [-0.15, -0.1) is 24.0 Å². The lowest BCUT2D eigenvalue weighted by atomic mass is 10.1. The summed E-state index contributed by atoms with van der Waals surface area (Å²) in [5.41, 5.74) is 0.677. The summed E-state index contributed by atoms with van der Waals surface area (Å²) in [7, 11) is 3.47. The molecule has 2 N–H and O–H groups in total. The van der Waals surface area contributed by atoms with Crippen LogP contribution in [0.25, 0.3) is 0 Å². The van der Waals surface area contributed by atoms with Crippen LogP contribution in [-0.4, -0.2) is 72.7 Å². The third kappa shape index (κ3) is 6.96. The number of nitrogens with zero attached hydrogens (tertiary/aromatic N) is 3. The Morgan fingerprint density at radius 2 is 1.67 bits per heavy atom. The van der Waals surface area contributed by atoms with Crippen molar-refractivity contribution in [2.45, 2.75) is 39.2 Å². The number of rotatable bonds is 7. The predicted molar refractivity (Wildman–Crippen MR) is 128 cm³/mol. The zero-order chi connectivity index (χ0) is 21.6. The van der Waals surface area contributed by atoms with Gasteiger partial charge >= 0.3 is 0 Å². The van der Waals surface area contributed by atoms with Gasteiger partial charge in [0.25, 0.3) is 11.8 Å². The van der Waals surface area contributed by atoms with E-state index in [4.69, 9.17) is 0 Å². The molecule has 9 heteroatoms. The molecule has 0 aliphatic carbocycles. The van der Waals surface area contributed by atoms with Gasteiger partial charge in [-0.3, -0.25) is 24.3 Å². The van der Waals surface area contributed by atoms with Crippen LogP contribution >= 0.6 is 24.0 Å². The van der Waals surface area contributed by atoms with Gasteiger partial charge < -0.3 is 15.5 Å². The molecule has 0 fully saturated rings. The van der Waals surface area contributed by atoms with Gasteiger partial charge in [0.05, 0.1) is 17.7 Å². The van der Waals surface area contributed by atoms with Gasteiger partial charge in [-0.1, -0.05) is 12.1 Å². The zero-order valence-corrected chi connectivity index (χ0v) is 20.6. The lowest BCUT2D eigenvalue weighted by Crippen LogP contribution is -2.48. The Morgan fingerprint density at radius 1 is 1.10 bits per heavy atom. The fraction of sp³-hybridized carbons (Fsp3) is 0.524. The van der Waals surface area contributed by atoms with E-state index >= 15 is 0 Å². The molecule has 1 heterocycles. The third-order valence-corrected chi connectivity index (χ3v) is 4.44. The maximum atomic E-state index is 12.3. The molecule has 1 aromatic carbocycles. The van der Waals surface area contributed by atoms with E-state index in [0.29, 0.717) is 36.6 Å². The highest BCUT2D eigenvalue weighted by molar-refractivity contribution is 14.0. The molecule has 0 atom stereocenters. The largest absolute Gasteiger partial charge is 0.356 e. The van der Waals surface area contributed by atoms with Crippen molar-refractivity contribution in [3.8, 4) is 0 Å². The lowest BCUT2D eigenvalue weighted by molar-refractivity contribution is -0.122. The molecule has 1 aliphatic rings. The smallest absolute Gasteiger partial charge is 0.261 e. The first kappa shape index (κ1) is 25.9. The van der Waals surface area contributed by atoms with Gasteiger partial charge in [0.1, 0.15) is 0 Å². The molecule has 0 saturated carbocycles. The van der Waals surface area contributed by atoms with E-state index in [1.165, 1.54) is 4.90 Å². The number of halogens is 1. The van der Waals surface area contributed by atoms with Crippen LogP contribution in [0.2, 0.25) is 0 Å². The van der Waals surface area contributed by atoms with E-state index < -0.39 is 0 Å². The Kier molecular flexibility index (Phi) is 9.73. The van der Waals surface area contributed by atoms with E-state index in [1.54, 1.807) is 43.3 Å². The Hall–Kier alpha value is -2.17. The summed E-state index contributed by atoms with van der Waals surface area (Å²) in [6, 6.07) is 6.90. The number of imide groups is 1. The van der Waals surface area contributed by atoms with Gasteiger partial charge in [0.2, 0.25) is 5.91 Å². The summed E-state index contributed by atoms with van der Waals surface area (Å²) in [5, 5.41) is 6.13. The second-order valence-electron chi connectivity index (χ2n) is 8.14. The molecule has 0 radical (unpaired) electrons. The number of amides is 3. The number of fused-ring (bicyclic) bond motifs is 1. The van der Waals surface area contributed by atoms with Crippen LogP contribution in [-0.2, 0) is 4.79 Å². The first-order valence-corrected chi connectivity index (χ1v) is 9.82. The number of hydrogen-bond donors (Lipinski definition) is 2. The number of benzene rings is 1. The molecular formula is C21H32IN5O3. The first-order valence-electron chi connectivity index (χ1n) is 9.82. The number of likely N-dealkylation sites (N-methyl/N-ethyl adjacent to an activating group) is 1. The van der Waals surface area contributed by atoms with E-state index in [2.05, 4.69) is 15.6 Å². The van der Waals surface area contributed by atoms with Crippen molar-refractivity contribution >= 4 is 47.7 Å². The summed E-state index contributed by atoms with van der Waals surface area (Å²) in [6.45, 7) is 7.02. The highest BCUT2D eigenvalue weighted by atomic mass is 127. The molecule has 0 aromatic heterocycles. The van der Waals surface area contributed by atoms with Crippen molar-refractivity contribution in [1.29, 1.82) is 0 Å². The zero-order valence-electron chi connectivity index (χ0n) is 18.3. The summed E-state index contributed by atoms with van der Waals surface area (Å²) >= 11 is 0. The number of nitrogens with one attached hydrogen (secondary N) is 2. The van der Waals surface area contributed by atoms with E-state index in [0.717, 1.165) is 6.42 Å². The Bertz CT molecular complexity index is 769. The quantitative estimate of drug-likeness (QED) is 0.186. The highest BCUT2D eigenvalue weighted by Crippen LogP contribution is 2.22. The van der Waals surface area contributed by atoms with Crippen molar-refractivity contribution in [3.05, 3.63) is 35.4 Å². The highest BCUT2D eigenvalue weighted by Gasteiger charge is 2.34. The van der Waals surface area contributed by atoms with Crippen LogP contribution in [0.4, 0.5) is 0 Å².